The van der Waals surface area contributed by atoms with E-state index in [0.29, 0.717) is 0 Å². The largest absolute Gasteiger partial charge is 0.416 e. The first-order chi connectivity index (χ1) is 15.5. The SMILES string of the molecule is O=C(NCC(F)(F)F)c1cc(NC(=O)[C@@H]2[C@@H](c3cc(Br)cc(C(F)(F)F)c3)C2(Cl)Cl)ccc1Cl. The average molecular weight is 613 g/mol. The fraction of sp³-hybridized carbons (Fsp3) is 0.300. The third kappa shape index (κ3) is 6.10. The second-order valence-corrected chi connectivity index (χ2v) is 10.1. The van der Waals surface area contributed by atoms with E-state index in [4.69, 9.17) is 34.8 Å². The summed E-state index contributed by atoms with van der Waals surface area (Å²) in [4.78, 5) is 24.8. The third-order valence-corrected chi connectivity index (χ3v) is 6.60. The number of halogens is 10. The maximum atomic E-state index is 13.2. The van der Waals surface area contributed by atoms with Crippen molar-refractivity contribution >= 4 is 68.2 Å². The minimum Gasteiger partial charge on any atom is -0.343 e. The molecule has 1 aliphatic carbocycles. The molecule has 0 radical (unpaired) electrons. The summed E-state index contributed by atoms with van der Waals surface area (Å²) in [7, 11) is 0. The maximum absolute atomic E-state index is 13.2. The summed E-state index contributed by atoms with van der Waals surface area (Å²) in [5, 5.41) is 3.90. The summed E-state index contributed by atoms with van der Waals surface area (Å²) in [6.07, 6.45) is -9.28. The van der Waals surface area contributed by atoms with E-state index in [1.54, 1.807) is 5.32 Å². The number of nitrogens with one attached hydrogen (secondary N) is 2. The van der Waals surface area contributed by atoms with Crippen molar-refractivity contribution in [3.8, 4) is 0 Å². The van der Waals surface area contributed by atoms with Gasteiger partial charge in [0, 0.05) is 16.1 Å². The van der Waals surface area contributed by atoms with Gasteiger partial charge in [-0.25, -0.2) is 0 Å². The van der Waals surface area contributed by atoms with Crippen molar-refractivity contribution in [1.29, 1.82) is 0 Å². The molecule has 2 aromatic rings. The number of benzene rings is 2. The van der Waals surface area contributed by atoms with E-state index < -0.39 is 52.4 Å². The van der Waals surface area contributed by atoms with Gasteiger partial charge in [-0.2, -0.15) is 26.3 Å². The second kappa shape index (κ2) is 9.40. The van der Waals surface area contributed by atoms with Crippen LogP contribution in [0.4, 0.5) is 32.0 Å². The van der Waals surface area contributed by atoms with Crippen LogP contribution in [0.3, 0.4) is 0 Å². The van der Waals surface area contributed by atoms with Crippen LogP contribution in [0.15, 0.2) is 40.9 Å². The van der Waals surface area contributed by atoms with Crippen LogP contribution in [0, 0.1) is 5.92 Å². The van der Waals surface area contributed by atoms with Gasteiger partial charge in [0.15, 0.2) is 0 Å². The molecular formula is C20H12BrCl3F6N2O2. The topological polar surface area (TPSA) is 58.2 Å². The van der Waals surface area contributed by atoms with Crippen LogP contribution in [0.2, 0.25) is 5.02 Å². The molecule has 2 amide bonds. The van der Waals surface area contributed by atoms with Gasteiger partial charge >= 0.3 is 12.4 Å². The van der Waals surface area contributed by atoms with E-state index in [0.717, 1.165) is 18.2 Å². The summed E-state index contributed by atoms with van der Waals surface area (Å²) in [6.45, 7) is -1.59. The van der Waals surface area contributed by atoms with Crippen molar-refractivity contribution in [3.63, 3.8) is 0 Å². The van der Waals surface area contributed by atoms with Gasteiger partial charge in [-0.15, -0.1) is 23.2 Å². The monoisotopic (exact) mass is 610 g/mol. The first kappa shape index (κ1) is 26.9. The summed E-state index contributed by atoms with van der Waals surface area (Å²) < 4.78 is 74.9. The number of carbonyl (C=O) groups is 2. The third-order valence-electron chi connectivity index (χ3n) is 4.87. The second-order valence-electron chi connectivity index (χ2n) is 7.38. The standard InChI is InChI=1S/C20H12BrCl3F6N2O2/c21-10-4-8(3-9(5-10)20(28,29)30)14-15(19(14,23)24)17(34)32-11-1-2-13(22)12(6-11)16(33)31-7-18(25,26)27/h1-6,14-15H,7H2,(H,31,33)(H,32,34)/t14-,15+/m1/s1. The molecule has 1 fully saturated rings. The smallest absolute Gasteiger partial charge is 0.343 e. The molecule has 2 N–H and O–H groups in total. The molecule has 2 aromatic carbocycles. The molecule has 0 spiro atoms. The summed E-state index contributed by atoms with van der Waals surface area (Å²) in [6, 6.07) is 6.58. The molecule has 0 heterocycles. The maximum Gasteiger partial charge on any atom is 0.416 e. The predicted octanol–water partition coefficient (Wildman–Crippen LogP) is 6.94. The van der Waals surface area contributed by atoms with Crippen LogP contribution in [-0.2, 0) is 11.0 Å². The Hall–Kier alpha value is -1.69. The van der Waals surface area contributed by atoms with Crippen LogP contribution in [0.25, 0.3) is 0 Å². The van der Waals surface area contributed by atoms with E-state index in [-0.39, 0.29) is 26.3 Å². The van der Waals surface area contributed by atoms with Crippen molar-refractivity contribution in [3.05, 3.63) is 62.6 Å². The van der Waals surface area contributed by atoms with E-state index in [9.17, 15) is 35.9 Å². The van der Waals surface area contributed by atoms with Crippen molar-refractivity contribution in [2.45, 2.75) is 22.6 Å². The number of hydrogen-bond acceptors (Lipinski definition) is 2. The van der Waals surface area contributed by atoms with Crippen molar-refractivity contribution in [1.82, 2.24) is 5.32 Å². The Labute approximate surface area is 212 Å². The average Bonchev–Trinajstić information content (AvgIpc) is 3.28. The molecule has 1 saturated carbocycles. The zero-order chi connectivity index (χ0) is 25.6. The Morgan fingerprint density at radius 2 is 1.68 bits per heavy atom. The van der Waals surface area contributed by atoms with E-state index in [1.807, 2.05) is 0 Å². The lowest BCUT2D eigenvalue weighted by Crippen LogP contribution is -2.33. The molecule has 0 aliphatic heterocycles. The normalized spacial score (nSPS) is 19.5. The Bertz CT molecular complexity index is 1140. The number of hydrogen-bond donors (Lipinski definition) is 2. The molecule has 4 nitrogen and oxygen atoms in total. The van der Waals surface area contributed by atoms with Gasteiger partial charge in [-0.05, 0) is 42.0 Å². The zero-order valence-corrected chi connectivity index (χ0v) is 20.3. The van der Waals surface area contributed by atoms with Crippen LogP contribution < -0.4 is 10.6 Å². The van der Waals surface area contributed by atoms with E-state index in [2.05, 4.69) is 21.2 Å². The predicted molar refractivity (Wildman–Crippen MR) is 118 cm³/mol. The number of anilines is 1. The Kier molecular flexibility index (Phi) is 7.44. The van der Waals surface area contributed by atoms with Crippen molar-refractivity contribution in [2.24, 2.45) is 5.92 Å². The Morgan fingerprint density at radius 3 is 2.26 bits per heavy atom. The van der Waals surface area contributed by atoms with E-state index in [1.165, 1.54) is 18.2 Å². The van der Waals surface area contributed by atoms with Crippen LogP contribution >= 0.6 is 50.7 Å². The van der Waals surface area contributed by atoms with Gasteiger partial charge in [-0.3, -0.25) is 9.59 Å². The highest BCUT2D eigenvalue weighted by Crippen LogP contribution is 2.65. The highest BCUT2D eigenvalue weighted by molar-refractivity contribution is 9.10. The van der Waals surface area contributed by atoms with Gasteiger partial charge in [-0.1, -0.05) is 27.5 Å². The van der Waals surface area contributed by atoms with E-state index >= 15 is 0 Å². The molecule has 0 bridgehead atoms. The number of rotatable bonds is 5. The van der Waals surface area contributed by atoms with Gasteiger partial charge in [0.2, 0.25) is 5.91 Å². The summed E-state index contributed by atoms with van der Waals surface area (Å²) in [5.41, 5.74) is -1.22. The fourth-order valence-electron chi connectivity index (χ4n) is 3.30. The zero-order valence-electron chi connectivity index (χ0n) is 16.4. The van der Waals surface area contributed by atoms with Gasteiger partial charge < -0.3 is 10.6 Å². The minimum atomic E-state index is -4.64. The molecule has 0 saturated heterocycles. The lowest BCUT2D eigenvalue weighted by atomic mass is 10.0. The molecule has 34 heavy (non-hydrogen) atoms. The molecule has 14 heteroatoms. The highest BCUT2D eigenvalue weighted by atomic mass is 79.9. The first-order valence-electron chi connectivity index (χ1n) is 9.21. The number of amides is 2. The molecule has 0 unspecified atom stereocenters. The lowest BCUT2D eigenvalue weighted by molar-refractivity contribution is -0.137. The molecular weight excluding hydrogens is 600 g/mol. The van der Waals surface area contributed by atoms with Gasteiger partial charge in [0.1, 0.15) is 10.9 Å². The lowest BCUT2D eigenvalue weighted by Gasteiger charge is -2.11. The molecule has 184 valence electrons. The molecule has 1 aliphatic rings. The van der Waals surface area contributed by atoms with Gasteiger partial charge in [0.25, 0.3) is 5.91 Å². The summed E-state index contributed by atoms with van der Waals surface area (Å²) >= 11 is 21.3. The van der Waals surface area contributed by atoms with Crippen LogP contribution in [-0.4, -0.2) is 28.9 Å². The number of alkyl halides is 8. The van der Waals surface area contributed by atoms with Gasteiger partial charge in [0.05, 0.1) is 22.1 Å². The minimum absolute atomic E-state index is 0.00781. The quantitative estimate of drug-likeness (QED) is 0.284. The van der Waals surface area contributed by atoms with Crippen molar-refractivity contribution in [2.75, 3.05) is 11.9 Å². The highest BCUT2D eigenvalue weighted by Gasteiger charge is 2.67. The molecule has 3 rings (SSSR count). The Balaban J connectivity index is 1.79. The van der Waals surface area contributed by atoms with Crippen LogP contribution in [0.1, 0.15) is 27.4 Å². The van der Waals surface area contributed by atoms with Crippen LogP contribution in [0.5, 0.6) is 0 Å². The number of carbonyl (C=O) groups excluding carboxylic acids is 2. The first-order valence-corrected chi connectivity index (χ1v) is 11.1. The summed E-state index contributed by atoms with van der Waals surface area (Å²) in [5.74, 6) is -4.02. The molecule has 0 aromatic heterocycles. The van der Waals surface area contributed by atoms with Crippen molar-refractivity contribution < 1.29 is 35.9 Å². The molecule has 2 atom stereocenters. The Morgan fingerprint density at radius 1 is 1.03 bits per heavy atom. The fourth-order valence-corrected chi connectivity index (χ4v) is 4.84.